The zero-order valence-electron chi connectivity index (χ0n) is 11.4. The Morgan fingerprint density at radius 2 is 2.12 bits per heavy atom. The minimum atomic E-state index is 0.295. The molecule has 1 fully saturated rings. The molecule has 0 bridgehead atoms. The van der Waals surface area contributed by atoms with Gasteiger partial charge in [-0.1, -0.05) is 26.0 Å². The highest BCUT2D eigenvalue weighted by atomic mass is 16.5. The summed E-state index contributed by atoms with van der Waals surface area (Å²) >= 11 is 0. The van der Waals surface area contributed by atoms with Gasteiger partial charge in [-0.05, 0) is 43.6 Å². The minimum Gasteiger partial charge on any atom is -0.497 e. The van der Waals surface area contributed by atoms with E-state index in [9.17, 15) is 0 Å². The molecule has 1 saturated heterocycles. The normalized spacial score (nSPS) is 25.5. The molecule has 0 N–H and O–H groups in total. The molecule has 1 atom stereocenters. The second kappa shape index (κ2) is 4.69. The lowest BCUT2D eigenvalue weighted by atomic mass is 9.71. The maximum absolute atomic E-state index is 5.35. The van der Waals surface area contributed by atoms with Crippen LogP contribution in [-0.4, -0.2) is 32.1 Å². The summed E-state index contributed by atoms with van der Waals surface area (Å²) in [7, 11) is 3.95. The summed E-state index contributed by atoms with van der Waals surface area (Å²) < 4.78 is 5.35. The lowest BCUT2D eigenvalue weighted by Crippen LogP contribution is -2.35. The van der Waals surface area contributed by atoms with Crippen LogP contribution in [-0.2, 0) is 5.41 Å². The van der Waals surface area contributed by atoms with Crippen molar-refractivity contribution in [1.82, 2.24) is 4.90 Å². The van der Waals surface area contributed by atoms with Gasteiger partial charge in [0.25, 0.3) is 0 Å². The van der Waals surface area contributed by atoms with Crippen molar-refractivity contribution >= 4 is 0 Å². The van der Waals surface area contributed by atoms with Crippen LogP contribution in [0.3, 0.4) is 0 Å². The largest absolute Gasteiger partial charge is 0.497 e. The zero-order chi connectivity index (χ0) is 12.5. The zero-order valence-corrected chi connectivity index (χ0v) is 11.4. The van der Waals surface area contributed by atoms with Crippen LogP contribution in [0.4, 0.5) is 0 Å². The van der Waals surface area contributed by atoms with Crippen LogP contribution in [0.15, 0.2) is 24.3 Å². The molecule has 0 aliphatic carbocycles. The van der Waals surface area contributed by atoms with E-state index in [2.05, 4.69) is 44.0 Å². The highest BCUT2D eigenvalue weighted by Crippen LogP contribution is 2.41. The van der Waals surface area contributed by atoms with Crippen molar-refractivity contribution in [2.75, 3.05) is 27.2 Å². The number of nitrogens with zero attached hydrogens (tertiary/aromatic N) is 1. The maximum atomic E-state index is 5.35. The van der Waals surface area contributed by atoms with E-state index in [0.717, 1.165) is 12.3 Å². The van der Waals surface area contributed by atoms with E-state index in [4.69, 9.17) is 4.74 Å². The second-order valence-electron chi connectivity index (χ2n) is 5.53. The van der Waals surface area contributed by atoms with E-state index < -0.39 is 0 Å². The van der Waals surface area contributed by atoms with Crippen molar-refractivity contribution in [3.63, 3.8) is 0 Å². The lowest BCUT2D eigenvalue weighted by molar-refractivity contribution is 0.295. The number of rotatable bonds is 3. The molecule has 0 aromatic heterocycles. The first-order chi connectivity index (χ1) is 8.08. The van der Waals surface area contributed by atoms with Gasteiger partial charge in [0.15, 0.2) is 0 Å². The van der Waals surface area contributed by atoms with Crippen LogP contribution < -0.4 is 4.74 Å². The molecule has 0 unspecified atom stereocenters. The molecule has 2 rings (SSSR count). The SMILES string of the molecule is COc1cccc([C@@]2(C(C)C)CCN(C)C2)c1. The number of hydrogen-bond acceptors (Lipinski definition) is 2. The van der Waals surface area contributed by atoms with Crippen LogP contribution in [0, 0.1) is 5.92 Å². The minimum absolute atomic E-state index is 0.295. The molecule has 94 valence electrons. The van der Waals surface area contributed by atoms with Gasteiger partial charge in [0.1, 0.15) is 5.75 Å². The molecule has 17 heavy (non-hydrogen) atoms. The fourth-order valence-corrected chi connectivity index (χ4v) is 3.00. The first-order valence-corrected chi connectivity index (χ1v) is 6.41. The maximum Gasteiger partial charge on any atom is 0.119 e. The summed E-state index contributed by atoms with van der Waals surface area (Å²) in [4.78, 5) is 2.43. The highest BCUT2D eigenvalue weighted by Gasteiger charge is 2.40. The van der Waals surface area contributed by atoms with Gasteiger partial charge in [-0.2, -0.15) is 0 Å². The smallest absolute Gasteiger partial charge is 0.119 e. The van der Waals surface area contributed by atoms with Crippen molar-refractivity contribution in [3.05, 3.63) is 29.8 Å². The Labute approximate surface area is 105 Å². The number of ether oxygens (including phenoxy) is 1. The Balaban J connectivity index is 2.39. The van der Waals surface area contributed by atoms with Gasteiger partial charge < -0.3 is 9.64 Å². The second-order valence-corrected chi connectivity index (χ2v) is 5.53. The average Bonchev–Trinajstić information content (AvgIpc) is 2.73. The summed E-state index contributed by atoms with van der Waals surface area (Å²) in [6, 6.07) is 8.59. The van der Waals surface area contributed by atoms with E-state index in [-0.39, 0.29) is 0 Å². The molecule has 1 aromatic carbocycles. The fourth-order valence-electron chi connectivity index (χ4n) is 3.00. The predicted octanol–water partition coefficient (Wildman–Crippen LogP) is 2.92. The summed E-state index contributed by atoms with van der Waals surface area (Å²) in [5, 5.41) is 0. The summed E-state index contributed by atoms with van der Waals surface area (Å²) in [5.41, 5.74) is 1.72. The number of hydrogen-bond donors (Lipinski definition) is 0. The van der Waals surface area contributed by atoms with Gasteiger partial charge in [0.05, 0.1) is 7.11 Å². The molecule has 1 aromatic rings. The molecule has 1 aliphatic heterocycles. The Kier molecular flexibility index (Phi) is 3.43. The molecule has 0 amide bonds. The van der Waals surface area contributed by atoms with Crippen molar-refractivity contribution in [2.45, 2.75) is 25.7 Å². The van der Waals surface area contributed by atoms with Crippen molar-refractivity contribution in [2.24, 2.45) is 5.92 Å². The van der Waals surface area contributed by atoms with Gasteiger partial charge >= 0.3 is 0 Å². The Morgan fingerprint density at radius 1 is 1.35 bits per heavy atom. The summed E-state index contributed by atoms with van der Waals surface area (Å²) in [6.07, 6.45) is 1.24. The van der Waals surface area contributed by atoms with Crippen LogP contribution in [0.25, 0.3) is 0 Å². The topological polar surface area (TPSA) is 12.5 Å². The molecule has 0 spiro atoms. The number of likely N-dealkylation sites (N-methyl/N-ethyl adjacent to an activating group) is 1. The van der Waals surface area contributed by atoms with Crippen molar-refractivity contribution in [1.29, 1.82) is 0 Å². The Bertz CT molecular complexity index is 388. The van der Waals surface area contributed by atoms with Crippen molar-refractivity contribution in [3.8, 4) is 5.75 Å². The monoisotopic (exact) mass is 233 g/mol. The van der Waals surface area contributed by atoms with Gasteiger partial charge in [-0.25, -0.2) is 0 Å². The van der Waals surface area contributed by atoms with Crippen LogP contribution >= 0.6 is 0 Å². The van der Waals surface area contributed by atoms with E-state index >= 15 is 0 Å². The summed E-state index contributed by atoms with van der Waals surface area (Å²) in [6.45, 7) is 7.00. The molecule has 0 radical (unpaired) electrons. The standard InChI is InChI=1S/C15H23NO/c1-12(2)15(8-9-16(3)11-15)13-6-5-7-14(10-13)17-4/h5-7,10,12H,8-9,11H2,1-4H3/t15-/m0/s1. The molecule has 2 nitrogen and oxygen atoms in total. The first kappa shape index (κ1) is 12.4. The number of methoxy groups -OCH3 is 1. The van der Waals surface area contributed by atoms with Crippen molar-refractivity contribution < 1.29 is 4.74 Å². The Morgan fingerprint density at radius 3 is 2.65 bits per heavy atom. The third-order valence-electron chi connectivity index (χ3n) is 4.24. The van der Waals surface area contributed by atoms with Gasteiger partial charge in [-0.15, -0.1) is 0 Å². The molecular weight excluding hydrogens is 210 g/mol. The quantitative estimate of drug-likeness (QED) is 0.796. The number of likely N-dealkylation sites (tertiary alicyclic amines) is 1. The Hall–Kier alpha value is -1.02. The molecule has 1 aliphatic rings. The lowest BCUT2D eigenvalue weighted by Gasteiger charge is -2.34. The highest BCUT2D eigenvalue weighted by molar-refractivity contribution is 5.35. The third kappa shape index (κ3) is 2.19. The van der Waals surface area contributed by atoms with E-state index in [1.807, 2.05) is 6.07 Å². The number of benzene rings is 1. The molecule has 0 saturated carbocycles. The van der Waals surface area contributed by atoms with Crippen LogP contribution in [0.5, 0.6) is 5.75 Å². The van der Waals surface area contributed by atoms with Gasteiger partial charge in [0, 0.05) is 12.0 Å². The average molecular weight is 233 g/mol. The molecular formula is C15H23NO. The molecule has 1 heterocycles. The molecule has 2 heteroatoms. The van der Waals surface area contributed by atoms with E-state index in [0.29, 0.717) is 11.3 Å². The van der Waals surface area contributed by atoms with Crippen LogP contribution in [0.2, 0.25) is 0 Å². The van der Waals surface area contributed by atoms with Gasteiger partial charge in [0.2, 0.25) is 0 Å². The van der Waals surface area contributed by atoms with Gasteiger partial charge in [-0.3, -0.25) is 0 Å². The van der Waals surface area contributed by atoms with E-state index in [1.165, 1.54) is 18.5 Å². The third-order valence-corrected chi connectivity index (χ3v) is 4.24. The van der Waals surface area contributed by atoms with Crippen LogP contribution in [0.1, 0.15) is 25.8 Å². The van der Waals surface area contributed by atoms with E-state index in [1.54, 1.807) is 7.11 Å². The fraction of sp³-hybridized carbons (Fsp3) is 0.600. The first-order valence-electron chi connectivity index (χ1n) is 6.41. The summed E-state index contributed by atoms with van der Waals surface area (Å²) in [5.74, 6) is 1.62. The predicted molar refractivity (Wildman–Crippen MR) is 71.6 cm³/mol.